The van der Waals surface area contributed by atoms with E-state index in [9.17, 15) is 0 Å². The molecular weight excluding hydrogens is 282 g/mol. The van der Waals surface area contributed by atoms with Crippen LogP contribution in [-0.2, 0) is 6.54 Å². The number of nitrogens with zero attached hydrogens (tertiary/aromatic N) is 2. The molecule has 1 N–H and O–H groups in total. The Balaban J connectivity index is 1.79. The molecule has 21 heavy (non-hydrogen) atoms. The number of halogens is 1. The van der Waals surface area contributed by atoms with Crippen LogP contribution < -0.4 is 5.32 Å². The number of fused-ring (bicyclic) bond motifs is 1. The van der Waals surface area contributed by atoms with Gasteiger partial charge in [-0.2, -0.15) is 5.10 Å². The lowest BCUT2D eigenvalue weighted by Gasteiger charge is -2.12. The average molecular weight is 298 g/mol. The fourth-order valence-electron chi connectivity index (χ4n) is 2.61. The van der Waals surface area contributed by atoms with Crippen molar-refractivity contribution in [3.05, 3.63) is 59.2 Å². The molecule has 3 nitrogen and oxygen atoms in total. The van der Waals surface area contributed by atoms with E-state index in [2.05, 4.69) is 22.5 Å². The number of rotatable bonds is 4. The van der Waals surface area contributed by atoms with Crippen molar-refractivity contribution in [3.63, 3.8) is 0 Å². The van der Waals surface area contributed by atoms with Crippen LogP contribution in [0.2, 0.25) is 5.02 Å². The van der Waals surface area contributed by atoms with Crippen LogP contribution in [0.4, 0.5) is 0 Å². The zero-order valence-corrected chi connectivity index (χ0v) is 12.3. The second kappa shape index (κ2) is 5.17. The lowest BCUT2D eigenvalue weighted by atomic mass is 10.1. The monoisotopic (exact) mass is 297 g/mol. The molecule has 1 aliphatic rings. The fourth-order valence-corrected chi connectivity index (χ4v) is 2.80. The standard InChI is InChI=1S/C17H16ClN3/c18-14-5-8-17(13(9-14)10-19-15-6-7-15)21-16-4-2-1-3-12(16)11-20-21/h1-5,8-9,11,15,19H,6-7,10H2. The zero-order chi connectivity index (χ0) is 14.2. The second-order valence-corrected chi connectivity index (χ2v) is 5.98. The summed E-state index contributed by atoms with van der Waals surface area (Å²) in [5.74, 6) is 0. The summed E-state index contributed by atoms with van der Waals surface area (Å²) in [5.41, 5.74) is 3.39. The van der Waals surface area contributed by atoms with Crippen molar-refractivity contribution in [2.75, 3.05) is 0 Å². The number of hydrogen-bond acceptors (Lipinski definition) is 2. The molecule has 106 valence electrons. The minimum absolute atomic E-state index is 0.672. The Morgan fingerprint density at radius 2 is 2.05 bits per heavy atom. The van der Waals surface area contributed by atoms with Gasteiger partial charge in [0.25, 0.3) is 0 Å². The highest BCUT2D eigenvalue weighted by atomic mass is 35.5. The molecule has 0 aliphatic heterocycles. The van der Waals surface area contributed by atoms with Crippen molar-refractivity contribution >= 4 is 22.5 Å². The Morgan fingerprint density at radius 1 is 1.19 bits per heavy atom. The van der Waals surface area contributed by atoms with Crippen molar-refractivity contribution in [1.29, 1.82) is 0 Å². The second-order valence-electron chi connectivity index (χ2n) is 5.54. The van der Waals surface area contributed by atoms with E-state index < -0.39 is 0 Å². The van der Waals surface area contributed by atoms with Crippen molar-refractivity contribution in [1.82, 2.24) is 15.1 Å². The first-order valence-electron chi connectivity index (χ1n) is 7.26. The Kier molecular flexibility index (Phi) is 3.17. The molecule has 0 spiro atoms. The molecule has 0 amide bonds. The highest BCUT2D eigenvalue weighted by molar-refractivity contribution is 6.30. The molecule has 1 fully saturated rings. The summed E-state index contributed by atoms with van der Waals surface area (Å²) in [6.07, 6.45) is 4.46. The third-order valence-electron chi connectivity index (χ3n) is 3.91. The predicted octanol–water partition coefficient (Wildman–Crippen LogP) is 3.93. The van der Waals surface area contributed by atoms with E-state index in [1.165, 1.54) is 18.4 Å². The predicted molar refractivity (Wildman–Crippen MR) is 85.9 cm³/mol. The van der Waals surface area contributed by atoms with Crippen LogP contribution >= 0.6 is 11.6 Å². The largest absolute Gasteiger partial charge is 0.310 e. The molecule has 0 radical (unpaired) electrons. The molecule has 4 heteroatoms. The molecule has 1 aromatic heterocycles. The molecule has 2 aromatic carbocycles. The lowest BCUT2D eigenvalue weighted by Crippen LogP contribution is -2.17. The van der Waals surface area contributed by atoms with Crippen molar-refractivity contribution in [2.45, 2.75) is 25.4 Å². The summed E-state index contributed by atoms with van der Waals surface area (Å²) in [6.45, 7) is 0.828. The van der Waals surface area contributed by atoms with Gasteiger partial charge in [-0.15, -0.1) is 0 Å². The molecule has 0 atom stereocenters. The summed E-state index contributed by atoms with van der Waals surface area (Å²) in [7, 11) is 0. The normalized spacial score (nSPS) is 14.7. The van der Waals surface area contributed by atoms with Gasteiger partial charge in [0.1, 0.15) is 0 Å². The zero-order valence-electron chi connectivity index (χ0n) is 11.6. The van der Waals surface area contributed by atoms with Crippen LogP contribution in [-0.4, -0.2) is 15.8 Å². The van der Waals surface area contributed by atoms with Crippen LogP contribution in [0.3, 0.4) is 0 Å². The SMILES string of the molecule is Clc1ccc(-n2ncc3ccccc32)c(CNC2CC2)c1. The smallest absolute Gasteiger partial charge is 0.0741 e. The van der Waals surface area contributed by atoms with Gasteiger partial charge in [0.05, 0.1) is 17.4 Å². The molecule has 3 aromatic rings. The van der Waals surface area contributed by atoms with Crippen LogP contribution in [0.25, 0.3) is 16.6 Å². The van der Waals surface area contributed by atoms with Gasteiger partial charge in [0.15, 0.2) is 0 Å². The van der Waals surface area contributed by atoms with Gasteiger partial charge in [-0.25, -0.2) is 4.68 Å². The van der Waals surface area contributed by atoms with Gasteiger partial charge >= 0.3 is 0 Å². The minimum atomic E-state index is 0.672. The topological polar surface area (TPSA) is 29.9 Å². The quantitative estimate of drug-likeness (QED) is 0.791. The summed E-state index contributed by atoms with van der Waals surface area (Å²) >= 11 is 6.17. The van der Waals surface area contributed by atoms with Crippen molar-refractivity contribution in [3.8, 4) is 5.69 Å². The van der Waals surface area contributed by atoms with Gasteiger partial charge < -0.3 is 5.32 Å². The molecule has 0 unspecified atom stereocenters. The van der Waals surface area contributed by atoms with E-state index >= 15 is 0 Å². The molecule has 1 heterocycles. The number of para-hydroxylation sites is 1. The first kappa shape index (κ1) is 12.9. The lowest BCUT2D eigenvalue weighted by molar-refractivity contribution is 0.682. The Hall–Kier alpha value is -1.84. The van der Waals surface area contributed by atoms with Gasteiger partial charge in [0.2, 0.25) is 0 Å². The Labute approximate surface area is 128 Å². The van der Waals surface area contributed by atoms with E-state index in [-0.39, 0.29) is 0 Å². The summed E-state index contributed by atoms with van der Waals surface area (Å²) in [4.78, 5) is 0. The van der Waals surface area contributed by atoms with Crippen LogP contribution in [0, 0.1) is 0 Å². The summed E-state index contributed by atoms with van der Waals surface area (Å²) < 4.78 is 2.00. The van der Waals surface area contributed by atoms with E-state index in [1.54, 1.807) is 0 Å². The summed E-state index contributed by atoms with van der Waals surface area (Å²) in [5, 5.41) is 10.0. The van der Waals surface area contributed by atoms with E-state index in [0.29, 0.717) is 6.04 Å². The van der Waals surface area contributed by atoms with Gasteiger partial charge in [0, 0.05) is 23.0 Å². The molecule has 1 saturated carbocycles. The Morgan fingerprint density at radius 3 is 2.90 bits per heavy atom. The molecule has 4 rings (SSSR count). The first-order valence-corrected chi connectivity index (χ1v) is 7.64. The van der Waals surface area contributed by atoms with Crippen LogP contribution in [0.5, 0.6) is 0 Å². The maximum Gasteiger partial charge on any atom is 0.0741 e. The highest BCUT2D eigenvalue weighted by Crippen LogP contribution is 2.25. The molecule has 1 aliphatic carbocycles. The number of hydrogen-bond donors (Lipinski definition) is 1. The van der Waals surface area contributed by atoms with Gasteiger partial charge in [-0.05, 0) is 42.7 Å². The molecule has 0 bridgehead atoms. The minimum Gasteiger partial charge on any atom is -0.310 e. The average Bonchev–Trinajstić information content (AvgIpc) is 3.24. The third-order valence-corrected chi connectivity index (χ3v) is 4.14. The Bertz CT molecular complexity index is 790. The van der Waals surface area contributed by atoms with Crippen molar-refractivity contribution in [2.24, 2.45) is 0 Å². The number of benzene rings is 2. The van der Waals surface area contributed by atoms with Crippen molar-refractivity contribution < 1.29 is 0 Å². The van der Waals surface area contributed by atoms with E-state index in [0.717, 1.165) is 28.2 Å². The fraction of sp³-hybridized carbons (Fsp3) is 0.235. The third kappa shape index (κ3) is 2.55. The number of nitrogens with one attached hydrogen (secondary N) is 1. The van der Waals surface area contributed by atoms with Crippen LogP contribution in [0.15, 0.2) is 48.7 Å². The molecule has 0 saturated heterocycles. The highest BCUT2D eigenvalue weighted by Gasteiger charge is 2.21. The first-order chi connectivity index (χ1) is 10.3. The van der Waals surface area contributed by atoms with E-state index in [4.69, 9.17) is 11.6 Å². The van der Waals surface area contributed by atoms with Gasteiger partial charge in [-0.3, -0.25) is 0 Å². The maximum absolute atomic E-state index is 6.17. The molecular formula is C17H16ClN3. The van der Waals surface area contributed by atoms with E-state index in [1.807, 2.05) is 41.2 Å². The van der Waals surface area contributed by atoms with Crippen LogP contribution in [0.1, 0.15) is 18.4 Å². The maximum atomic E-state index is 6.17. The number of aromatic nitrogens is 2. The summed E-state index contributed by atoms with van der Waals surface area (Å²) in [6, 6.07) is 14.9. The van der Waals surface area contributed by atoms with Gasteiger partial charge in [-0.1, -0.05) is 29.8 Å².